The van der Waals surface area contributed by atoms with Gasteiger partial charge in [-0.3, -0.25) is 0 Å². The fourth-order valence-corrected chi connectivity index (χ4v) is 1.21. The first-order chi connectivity index (χ1) is 5.88. The number of hydrogen-bond donors (Lipinski definition) is 1. The van der Waals surface area contributed by atoms with Gasteiger partial charge in [0.25, 0.3) is 0 Å². The van der Waals surface area contributed by atoms with Crippen molar-refractivity contribution in [3.8, 4) is 0 Å². The van der Waals surface area contributed by atoms with Gasteiger partial charge in [-0.25, -0.2) is 0 Å². The lowest BCUT2D eigenvalue weighted by Crippen LogP contribution is -1.99. The van der Waals surface area contributed by atoms with Gasteiger partial charge in [-0.1, -0.05) is 42.5 Å². The molecule has 1 aromatic carbocycles. The quantitative estimate of drug-likeness (QED) is 0.676. The molecule has 1 atom stereocenters. The largest absolute Gasteiger partial charge is 0.395 e. The summed E-state index contributed by atoms with van der Waals surface area (Å²) in [5.74, 6) is 0.149. The Kier molecular flexibility index (Phi) is 3.55. The van der Waals surface area contributed by atoms with Gasteiger partial charge in [0.1, 0.15) is 0 Å². The number of aliphatic hydroxyl groups is 1. The number of aliphatic hydroxyl groups excluding tert-OH is 1. The summed E-state index contributed by atoms with van der Waals surface area (Å²) in [4.78, 5) is 0. The van der Waals surface area contributed by atoms with Gasteiger partial charge in [0.05, 0.1) is 6.61 Å². The summed E-state index contributed by atoms with van der Waals surface area (Å²) >= 11 is 0. The van der Waals surface area contributed by atoms with Gasteiger partial charge in [-0.05, 0) is 12.5 Å². The van der Waals surface area contributed by atoms with E-state index in [2.05, 4.69) is 0 Å². The van der Waals surface area contributed by atoms with E-state index in [1.54, 1.807) is 0 Å². The Morgan fingerprint density at radius 3 is 2.50 bits per heavy atom. The van der Waals surface area contributed by atoms with Crippen molar-refractivity contribution in [3.63, 3.8) is 0 Å². The van der Waals surface area contributed by atoms with E-state index in [-0.39, 0.29) is 12.5 Å². The van der Waals surface area contributed by atoms with E-state index < -0.39 is 0 Å². The fraction of sp³-hybridized carbons (Fsp3) is 0.273. The maximum atomic E-state index is 9.06. The first kappa shape index (κ1) is 9.01. The predicted molar refractivity (Wildman–Crippen MR) is 51.1 cm³/mol. The lowest BCUT2D eigenvalue weighted by Gasteiger charge is -2.08. The first-order valence-corrected chi connectivity index (χ1v) is 4.17. The maximum Gasteiger partial charge on any atom is 0.0534 e. The molecule has 0 heterocycles. The molecule has 0 saturated carbocycles. The number of benzene rings is 1. The topological polar surface area (TPSA) is 20.2 Å². The summed E-state index contributed by atoms with van der Waals surface area (Å²) in [5, 5.41) is 9.06. The molecule has 0 bridgehead atoms. The molecule has 64 valence electrons. The lowest BCUT2D eigenvalue weighted by molar-refractivity contribution is 0.283. The Balaban J connectivity index is 2.80. The molecular weight excluding hydrogens is 148 g/mol. The molecular formula is C11H14O. The zero-order valence-corrected chi connectivity index (χ0v) is 7.27. The smallest absolute Gasteiger partial charge is 0.0534 e. The van der Waals surface area contributed by atoms with Crippen LogP contribution in [0.2, 0.25) is 0 Å². The molecule has 0 radical (unpaired) electrons. The average Bonchev–Trinajstić information content (AvgIpc) is 2.15. The maximum absolute atomic E-state index is 9.06. The highest BCUT2D eigenvalue weighted by molar-refractivity contribution is 5.23. The summed E-state index contributed by atoms with van der Waals surface area (Å²) < 4.78 is 0. The summed E-state index contributed by atoms with van der Waals surface area (Å²) in [5.41, 5.74) is 1.16. The summed E-state index contributed by atoms with van der Waals surface area (Å²) in [7, 11) is 0. The van der Waals surface area contributed by atoms with Crippen LogP contribution >= 0.6 is 0 Å². The Morgan fingerprint density at radius 2 is 2.00 bits per heavy atom. The van der Waals surface area contributed by atoms with Crippen LogP contribution in [-0.4, -0.2) is 11.7 Å². The minimum Gasteiger partial charge on any atom is -0.395 e. The van der Waals surface area contributed by atoms with Gasteiger partial charge < -0.3 is 5.11 Å². The molecule has 1 heteroatoms. The van der Waals surface area contributed by atoms with Gasteiger partial charge in [0, 0.05) is 5.92 Å². The van der Waals surface area contributed by atoms with Crippen molar-refractivity contribution in [3.05, 3.63) is 48.0 Å². The molecule has 0 aliphatic carbocycles. The minimum atomic E-state index is 0.149. The highest BCUT2D eigenvalue weighted by atomic mass is 16.3. The normalized spacial score (nSPS) is 13.5. The molecule has 0 fully saturated rings. The van der Waals surface area contributed by atoms with Gasteiger partial charge in [0.2, 0.25) is 0 Å². The van der Waals surface area contributed by atoms with E-state index in [0.29, 0.717) is 0 Å². The molecule has 1 rings (SSSR count). The summed E-state index contributed by atoms with van der Waals surface area (Å²) in [6, 6.07) is 10.0. The second-order valence-electron chi connectivity index (χ2n) is 2.73. The van der Waals surface area contributed by atoms with Crippen molar-refractivity contribution in [2.45, 2.75) is 12.8 Å². The SMILES string of the molecule is C/C=C\[C@@H](CO)c1ccccc1. The molecule has 0 spiro atoms. The van der Waals surface area contributed by atoms with Gasteiger partial charge >= 0.3 is 0 Å². The Morgan fingerprint density at radius 1 is 1.33 bits per heavy atom. The second-order valence-corrected chi connectivity index (χ2v) is 2.73. The minimum absolute atomic E-state index is 0.149. The van der Waals surface area contributed by atoms with Crippen molar-refractivity contribution in [2.75, 3.05) is 6.61 Å². The van der Waals surface area contributed by atoms with Crippen molar-refractivity contribution in [1.82, 2.24) is 0 Å². The zero-order chi connectivity index (χ0) is 8.81. The van der Waals surface area contributed by atoms with Gasteiger partial charge in [-0.15, -0.1) is 0 Å². The third kappa shape index (κ3) is 2.21. The van der Waals surface area contributed by atoms with E-state index in [1.165, 1.54) is 0 Å². The van der Waals surface area contributed by atoms with Gasteiger partial charge in [-0.2, -0.15) is 0 Å². The number of allylic oxidation sites excluding steroid dienone is 1. The third-order valence-electron chi connectivity index (χ3n) is 1.85. The van der Waals surface area contributed by atoms with Crippen LogP contribution in [0.4, 0.5) is 0 Å². The van der Waals surface area contributed by atoms with Crippen LogP contribution in [-0.2, 0) is 0 Å². The van der Waals surface area contributed by atoms with Crippen LogP contribution in [0, 0.1) is 0 Å². The molecule has 1 N–H and O–H groups in total. The molecule has 0 saturated heterocycles. The van der Waals surface area contributed by atoms with Crippen molar-refractivity contribution < 1.29 is 5.11 Å². The average molecular weight is 162 g/mol. The van der Waals surface area contributed by atoms with Gasteiger partial charge in [0.15, 0.2) is 0 Å². The van der Waals surface area contributed by atoms with Crippen LogP contribution < -0.4 is 0 Å². The van der Waals surface area contributed by atoms with E-state index >= 15 is 0 Å². The fourth-order valence-electron chi connectivity index (χ4n) is 1.21. The van der Waals surface area contributed by atoms with Crippen LogP contribution in [0.25, 0.3) is 0 Å². The van der Waals surface area contributed by atoms with E-state index in [9.17, 15) is 0 Å². The first-order valence-electron chi connectivity index (χ1n) is 4.17. The molecule has 0 amide bonds. The van der Waals surface area contributed by atoms with Crippen molar-refractivity contribution >= 4 is 0 Å². The van der Waals surface area contributed by atoms with Crippen molar-refractivity contribution in [2.24, 2.45) is 0 Å². The van der Waals surface area contributed by atoms with Crippen molar-refractivity contribution in [1.29, 1.82) is 0 Å². The van der Waals surface area contributed by atoms with E-state index in [4.69, 9.17) is 5.11 Å². The van der Waals surface area contributed by atoms with Crippen LogP contribution in [0.3, 0.4) is 0 Å². The Hall–Kier alpha value is -1.08. The van der Waals surface area contributed by atoms with E-state index in [0.717, 1.165) is 5.56 Å². The molecule has 1 aromatic rings. The number of rotatable bonds is 3. The molecule has 0 unspecified atom stereocenters. The molecule has 0 aliphatic rings. The Bertz CT molecular complexity index is 238. The summed E-state index contributed by atoms with van der Waals surface area (Å²) in [6.45, 7) is 2.14. The van der Waals surface area contributed by atoms with Crippen LogP contribution in [0.1, 0.15) is 18.4 Å². The van der Waals surface area contributed by atoms with E-state index in [1.807, 2.05) is 49.4 Å². The highest BCUT2D eigenvalue weighted by Crippen LogP contribution is 2.15. The predicted octanol–water partition coefficient (Wildman–Crippen LogP) is 2.34. The zero-order valence-electron chi connectivity index (χ0n) is 7.27. The molecule has 0 aliphatic heterocycles. The Labute approximate surface area is 73.4 Å². The molecule has 0 aromatic heterocycles. The van der Waals surface area contributed by atoms with Crippen LogP contribution in [0.15, 0.2) is 42.5 Å². The monoisotopic (exact) mass is 162 g/mol. The second kappa shape index (κ2) is 4.73. The molecule has 1 nitrogen and oxygen atoms in total. The lowest BCUT2D eigenvalue weighted by atomic mass is 10.00. The standard InChI is InChI=1S/C11H14O/c1-2-6-11(9-12)10-7-4-3-5-8-10/h2-8,11-12H,9H2,1H3/b6-2-/t11-/m0/s1. The molecule has 12 heavy (non-hydrogen) atoms. The summed E-state index contributed by atoms with van der Waals surface area (Å²) in [6.07, 6.45) is 3.98. The van der Waals surface area contributed by atoms with Crippen LogP contribution in [0.5, 0.6) is 0 Å². The highest BCUT2D eigenvalue weighted by Gasteiger charge is 2.03. The third-order valence-corrected chi connectivity index (χ3v) is 1.85. The number of hydrogen-bond acceptors (Lipinski definition) is 1.